The molecular formula is C10H12O4S. The molecule has 0 unspecified atom stereocenters. The number of rotatable bonds is 5. The van der Waals surface area contributed by atoms with E-state index in [1.54, 1.807) is 24.3 Å². The second kappa shape index (κ2) is 4.93. The lowest BCUT2D eigenvalue weighted by Crippen LogP contribution is -2.12. The summed E-state index contributed by atoms with van der Waals surface area (Å²) < 4.78 is 27.6. The van der Waals surface area contributed by atoms with Crippen LogP contribution in [0.1, 0.15) is 5.56 Å². The van der Waals surface area contributed by atoms with Crippen LogP contribution < -0.4 is 0 Å². The number of sulfone groups is 1. The van der Waals surface area contributed by atoms with Crippen molar-refractivity contribution in [2.75, 3.05) is 12.4 Å². The van der Waals surface area contributed by atoms with Gasteiger partial charge >= 0.3 is 0 Å². The van der Waals surface area contributed by atoms with Gasteiger partial charge in [0, 0.05) is 0 Å². The summed E-state index contributed by atoms with van der Waals surface area (Å²) in [6.45, 7) is 2.01. The predicted molar refractivity (Wildman–Crippen MR) is 55.2 cm³/mol. The SMILES string of the molecule is Cc1ccc(S(=O)(=O)CCOC=O)cc1. The third-order valence-electron chi connectivity index (χ3n) is 1.92. The fourth-order valence-electron chi connectivity index (χ4n) is 1.07. The number of benzene rings is 1. The fraction of sp³-hybridized carbons (Fsp3) is 0.300. The van der Waals surface area contributed by atoms with E-state index in [9.17, 15) is 13.2 Å². The molecule has 0 amide bonds. The molecule has 1 aromatic carbocycles. The molecule has 0 heterocycles. The van der Waals surface area contributed by atoms with Crippen molar-refractivity contribution in [3.8, 4) is 0 Å². The van der Waals surface area contributed by atoms with E-state index in [0.29, 0.717) is 0 Å². The molecule has 0 radical (unpaired) electrons. The Bertz CT molecular complexity index is 419. The molecule has 0 aromatic heterocycles. The van der Waals surface area contributed by atoms with Crippen LogP contribution in [0.3, 0.4) is 0 Å². The van der Waals surface area contributed by atoms with E-state index in [2.05, 4.69) is 4.74 Å². The first kappa shape index (κ1) is 11.7. The van der Waals surface area contributed by atoms with Crippen molar-refractivity contribution in [3.05, 3.63) is 29.8 Å². The average molecular weight is 228 g/mol. The Kier molecular flexibility index (Phi) is 3.85. The summed E-state index contributed by atoms with van der Waals surface area (Å²) >= 11 is 0. The Hall–Kier alpha value is -1.36. The molecular weight excluding hydrogens is 216 g/mol. The highest BCUT2D eigenvalue weighted by atomic mass is 32.2. The average Bonchev–Trinajstić information content (AvgIpc) is 2.18. The van der Waals surface area contributed by atoms with Gasteiger partial charge in [-0.25, -0.2) is 8.42 Å². The number of ether oxygens (including phenoxy) is 1. The van der Waals surface area contributed by atoms with E-state index in [1.165, 1.54) is 0 Å². The zero-order valence-electron chi connectivity index (χ0n) is 8.34. The van der Waals surface area contributed by atoms with Gasteiger partial charge in [0.25, 0.3) is 6.47 Å². The number of hydrogen-bond acceptors (Lipinski definition) is 4. The molecule has 1 rings (SSSR count). The Balaban J connectivity index is 2.77. The molecule has 0 bridgehead atoms. The second-order valence-corrected chi connectivity index (χ2v) is 5.21. The van der Waals surface area contributed by atoms with Crippen LogP contribution in [0.15, 0.2) is 29.2 Å². The topological polar surface area (TPSA) is 60.4 Å². The van der Waals surface area contributed by atoms with Crippen molar-refractivity contribution in [1.29, 1.82) is 0 Å². The van der Waals surface area contributed by atoms with Crippen molar-refractivity contribution in [2.24, 2.45) is 0 Å². The highest BCUT2D eigenvalue weighted by molar-refractivity contribution is 7.91. The van der Waals surface area contributed by atoms with Crippen molar-refractivity contribution in [2.45, 2.75) is 11.8 Å². The van der Waals surface area contributed by atoms with Crippen LogP contribution in [-0.2, 0) is 19.4 Å². The molecule has 1 aromatic rings. The van der Waals surface area contributed by atoms with Gasteiger partial charge in [-0.15, -0.1) is 0 Å². The maximum atomic E-state index is 11.6. The minimum absolute atomic E-state index is 0.111. The van der Waals surface area contributed by atoms with E-state index >= 15 is 0 Å². The Morgan fingerprint density at radius 1 is 1.27 bits per heavy atom. The second-order valence-electron chi connectivity index (χ2n) is 3.10. The normalized spacial score (nSPS) is 11.0. The summed E-state index contributed by atoms with van der Waals surface area (Å²) in [5.41, 5.74) is 0.998. The highest BCUT2D eigenvalue weighted by Gasteiger charge is 2.13. The smallest absolute Gasteiger partial charge is 0.293 e. The van der Waals surface area contributed by atoms with Crippen molar-refractivity contribution in [1.82, 2.24) is 0 Å². The van der Waals surface area contributed by atoms with Gasteiger partial charge in [-0.2, -0.15) is 0 Å². The van der Waals surface area contributed by atoms with Crippen LogP contribution in [0.2, 0.25) is 0 Å². The predicted octanol–water partition coefficient (Wildman–Crippen LogP) is 0.942. The number of aryl methyl sites for hydroxylation is 1. The largest absolute Gasteiger partial charge is 0.467 e. The molecule has 0 aliphatic carbocycles. The first-order valence-corrected chi connectivity index (χ1v) is 6.06. The van der Waals surface area contributed by atoms with Crippen molar-refractivity contribution in [3.63, 3.8) is 0 Å². The van der Waals surface area contributed by atoms with Gasteiger partial charge in [0.05, 0.1) is 10.6 Å². The molecule has 4 nitrogen and oxygen atoms in total. The molecule has 5 heteroatoms. The number of hydrogen-bond donors (Lipinski definition) is 0. The van der Waals surface area contributed by atoms with Gasteiger partial charge in [-0.05, 0) is 19.1 Å². The molecule has 0 fully saturated rings. The van der Waals surface area contributed by atoms with Gasteiger partial charge in [-0.1, -0.05) is 17.7 Å². The van der Waals surface area contributed by atoms with E-state index in [1.807, 2.05) is 6.92 Å². The molecule has 15 heavy (non-hydrogen) atoms. The van der Waals surface area contributed by atoms with Crippen molar-refractivity contribution >= 4 is 16.3 Å². The van der Waals surface area contributed by atoms with E-state index < -0.39 is 9.84 Å². The Morgan fingerprint density at radius 3 is 2.40 bits per heavy atom. The summed E-state index contributed by atoms with van der Waals surface area (Å²) in [4.78, 5) is 10.1. The molecule has 0 saturated carbocycles. The minimum atomic E-state index is -3.33. The zero-order valence-corrected chi connectivity index (χ0v) is 9.16. The minimum Gasteiger partial charge on any atom is -0.467 e. The summed E-state index contributed by atoms with van der Waals surface area (Å²) in [5, 5.41) is 0. The summed E-state index contributed by atoms with van der Waals surface area (Å²) in [5.74, 6) is -0.186. The van der Waals surface area contributed by atoms with Crippen molar-refractivity contribution < 1.29 is 17.9 Å². The molecule has 82 valence electrons. The molecule has 0 aliphatic rings. The molecule has 0 spiro atoms. The third-order valence-corrected chi connectivity index (χ3v) is 3.61. The lowest BCUT2D eigenvalue weighted by atomic mass is 10.2. The first-order valence-electron chi connectivity index (χ1n) is 4.41. The molecule has 0 aliphatic heterocycles. The highest BCUT2D eigenvalue weighted by Crippen LogP contribution is 2.11. The zero-order chi connectivity index (χ0) is 11.3. The molecule has 0 saturated heterocycles. The Morgan fingerprint density at radius 2 is 1.87 bits per heavy atom. The number of carbonyl (C=O) groups excluding carboxylic acids is 1. The monoisotopic (exact) mass is 228 g/mol. The van der Waals surface area contributed by atoms with Crippen LogP contribution in [0.25, 0.3) is 0 Å². The fourth-order valence-corrected chi connectivity index (χ4v) is 2.17. The lowest BCUT2D eigenvalue weighted by molar-refractivity contribution is -0.128. The standard InChI is InChI=1S/C10H12O4S/c1-9-2-4-10(5-3-9)15(12,13)7-6-14-8-11/h2-5,8H,6-7H2,1H3. The van der Waals surface area contributed by atoms with E-state index in [0.717, 1.165) is 5.56 Å². The van der Waals surface area contributed by atoms with Gasteiger partial charge in [0.1, 0.15) is 6.61 Å². The van der Waals surface area contributed by atoms with Crippen LogP contribution in [0, 0.1) is 6.92 Å². The summed E-state index contributed by atoms with van der Waals surface area (Å²) in [7, 11) is -3.33. The van der Waals surface area contributed by atoms with E-state index in [4.69, 9.17) is 0 Å². The number of carbonyl (C=O) groups is 1. The maximum absolute atomic E-state index is 11.6. The van der Waals surface area contributed by atoms with E-state index in [-0.39, 0.29) is 23.7 Å². The van der Waals surface area contributed by atoms with Crippen LogP contribution in [0.5, 0.6) is 0 Å². The van der Waals surface area contributed by atoms with Crippen LogP contribution >= 0.6 is 0 Å². The molecule has 0 N–H and O–H groups in total. The molecule has 0 atom stereocenters. The van der Waals surface area contributed by atoms with Gasteiger partial charge in [0.15, 0.2) is 9.84 Å². The van der Waals surface area contributed by atoms with Crippen LogP contribution in [0.4, 0.5) is 0 Å². The lowest BCUT2D eigenvalue weighted by Gasteiger charge is -2.03. The van der Waals surface area contributed by atoms with Crippen LogP contribution in [-0.4, -0.2) is 27.2 Å². The van der Waals surface area contributed by atoms with Gasteiger partial charge < -0.3 is 4.74 Å². The van der Waals surface area contributed by atoms with Gasteiger partial charge in [-0.3, -0.25) is 4.79 Å². The summed E-state index contributed by atoms with van der Waals surface area (Å²) in [6.07, 6.45) is 0. The first-order chi connectivity index (χ1) is 7.06. The maximum Gasteiger partial charge on any atom is 0.293 e. The quantitative estimate of drug-likeness (QED) is 0.556. The Labute approximate surface area is 88.8 Å². The third kappa shape index (κ3) is 3.36. The van der Waals surface area contributed by atoms with Gasteiger partial charge in [0.2, 0.25) is 0 Å². The summed E-state index contributed by atoms with van der Waals surface area (Å²) in [6, 6.07) is 6.55.